The molecular weight excluding hydrogens is 1270 g/mol. The van der Waals surface area contributed by atoms with Crippen molar-refractivity contribution in [2.24, 2.45) is 5.11 Å². The normalized spacial score (nSPS) is 26.2. The second-order valence-electron chi connectivity index (χ2n) is 22.6. The van der Waals surface area contributed by atoms with Crippen molar-refractivity contribution in [1.29, 1.82) is 0 Å². The van der Waals surface area contributed by atoms with Gasteiger partial charge in [-0.2, -0.15) is 0 Å². The van der Waals surface area contributed by atoms with Crippen LogP contribution in [0.25, 0.3) is 10.4 Å². The molecule has 30 heteroatoms. The van der Waals surface area contributed by atoms with Crippen molar-refractivity contribution < 1.29 is 86.6 Å². The highest BCUT2D eigenvalue weighted by Crippen LogP contribution is 2.37. The fourth-order valence-corrected chi connectivity index (χ4v) is 15.6. The lowest BCUT2D eigenvalue weighted by Crippen LogP contribution is -2.74. The van der Waals surface area contributed by atoms with Gasteiger partial charge in [0.15, 0.2) is 12.6 Å². The SMILES string of the molecule is CC(=O)O[C@H]1C(COC(=O)c2ccccc2)O[C@H](O[C@@H]2C(O)C(O[C@H]3OC(CNS(=O)(=O)c4ccc(C)cc4)CCC3NS(=O)(=O)c3ccc(C)cc3)[C@@H](NS(=O)(=O)c3ccc(C)cc3)[C@@H](O)C2NS(=O)(=O)c2ccc(C)cc2)[C@@H](OCc2ccccc2)C1N=[N+]=[N-]. The van der Waals surface area contributed by atoms with Crippen LogP contribution in [-0.4, -0.2) is 155 Å². The number of esters is 2. The number of azide groups is 1. The number of carbonyl (C=O) groups excluding carboxylic acids is 2. The number of benzene rings is 6. The van der Waals surface area contributed by atoms with E-state index in [9.17, 15) is 59.0 Å². The summed E-state index contributed by atoms with van der Waals surface area (Å²) in [7, 11) is -18.4. The molecule has 3 aliphatic rings. The Labute approximate surface area is 533 Å². The molecule has 0 spiro atoms. The number of carbonyl (C=O) groups is 2. The Morgan fingerprint density at radius 1 is 0.565 bits per heavy atom. The van der Waals surface area contributed by atoms with E-state index in [4.69, 9.17) is 33.2 Å². The first-order chi connectivity index (χ1) is 43.7. The van der Waals surface area contributed by atoms with E-state index < -0.39 is 151 Å². The number of sulfonamides is 4. The molecule has 1 saturated carbocycles. The summed E-state index contributed by atoms with van der Waals surface area (Å²) in [6, 6.07) is 31.5. The largest absolute Gasteiger partial charge is 0.459 e. The Morgan fingerprint density at radius 3 is 1.50 bits per heavy atom. The lowest BCUT2D eigenvalue weighted by molar-refractivity contribution is -0.326. The van der Waals surface area contributed by atoms with Crippen molar-refractivity contribution >= 4 is 52.0 Å². The topological polar surface area (TPSA) is 373 Å². The standard InChI is InChI=1S/C62H71N7O19S4/c1-37-16-25-45(26-17-37)89(74,75)64-34-44-24-33-49(66-90(76,77)46-27-18-38(2)19-28-46)61(85-44)87-57-51(67-91(78,79)47-29-20-39(3)21-30-47)54(71)52(68-92(80,81)48-31-22-40(4)23-32-48)58(55(57)72)88-62-59(82-35-42-12-8-6-9-13-42)53(65-69-63)56(84-41(5)70)50(86-62)36-83-60(73)43-14-10-7-11-15-43/h6-23,25-32,44,49-59,61-62,64,66-68,71-72H,24,33-36H2,1-5H3/t44?,49?,50?,51-,52?,53?,54+,55?,56-,57?,58-,59-,61+,62+/m0/s1. The molecule has 7 unspecified atom stereocenters. The number of nitrogens with zero attached hydrogens (tertiary/aromatic N) is 3. The van der Waals surface area contributed by atoms with Gasteiger partial charge in [-0.1, -0.05) is 124 Å². The summed E-state index contributed by atoms with van der Waals surface area (Å²) in [5, 5.41) is 30.5. The first-order valence-corrected chi connectivity index (χ1v) is 35.1. The third-order valence-corrected chi connectivity index (χ3v) is 21.5. The zero-order valence-electron chi connectivity index (χ0n) is 50.4. The van der Waals surface area contributed by atoms with Crippen LogP contribution in [0.3, 0.4) is 0 Å². The summed E-state index contributed by atoms with van der Waals surface area (Å²) in [6.45, 7) is 6.49. The van der Waals surface area contributed by atoms with Gasteiger partial charge >= 0.3 is 11.9 Å². The molecule has 26 nitrogen and oxygen atoms in total. The van der Waals surface area contributed by atoms with Crippen LogP contribution in [0.5, 0.6) is 0 Å². The smallest absolute Gasteiger partial charge is 0.338 e. The average molecular weight is 1350 g/mol. The summed E-state index contributed by atoms with van der Waals surface area (Å²) >= 11 is 0. The van der Waals surface area contributed by atoms with Crippen LogP contribution in [0, 0.1) is 27.7 Å². The number of ether oxygens (including phenoxy) is 7. The molecule has 0 aromatic heterocycles. The first-order valence-electron chi connectivity index (χ1n) is 29.1. The fourth-order valence-electron chi connectivity index (χ4n) is 10.7. The average Bonchev–Trinajstić information content (AvgIpc) is 0.751. The van der Waals surface area contributed by atoms with Crippen molar-refractivity contribution in [3.05, 3.63) is 202 Å². The molecule has 92 heavy (non-hydrogen) atoms. The third kappa shape index (κ3) is 17.2. The van der Waals surface area contributed by atoms with Gasteiger partial charge in [-0.25, -0.2) is 57.4 Å². The number of nitrogens with one attached hydrogen (secondary N) is 4. The fraction of sp³-hybridized carbons (Fsp3) is 0.387. The minimum absolute atomic E-state index is 0.0306. The van der Waals surface area contributed by atoms with Gasteiger partial charge in [-0.3, -0.25) is 4.79 Å². The highest BCUT2D eigenvalue weighted by atomic mass is 32.2. The molecule has 0 radical (unpaired) electrons. The highest BCUT2D eigenvalue weighted by molar-refractivity contribution is 7.90. The highest BCUT2D eigenvalue weighted by Gasteiger charge is 2.58. The molecule has 14 atom stereocenters. The van der Waals surface area contributed by atoms with Crippen LogP contribution < -0.4 is 18.9 Å². The van der Waals surface area contributed by atoms with Crippen molar-refractivity contribution in [2.45, 2.75) is 159 Å². The van der Waals surface area contributed by atoms with E-state index >= 15 is 0 Å². The maximum Gasteiger partial charge on any atom is 0.338 e. The van der Waals surface area contributed by atoms with E-state index in [1.54, 1.807) is 100 Å². The molecule has 9 rings (SSSR count). The lowest BCUT2D eigenvalue weighted by atomic mass is 9.81. The van der Waals surface area contributed by atoms with Gasteiger partial charge in [0.25, 0.3) is 0 Å². The minimum atomic E-state index is -4.87. The maximum atomic E-state index is 14.8. The van der Waals surface area contributed by atoms with Gasteiger partial charge in [-0.05, 0) is 112 Å². The third-order valence-electron chi connectivity index (χ3n) is 15.6. The van der Waals surface area contributed by atoms with Gasteiger partial charge in [0.05, 0.1) is 62.1 Å². The molecule has 1 aliphatic carbocycles. The summed E-state index contributed by atoms with van der Waals surface area (Å²) in [5.74, 6) is -1.79. The molecule has 2 saturated heterocycles. The van der Waals surface area contributed by atoms with Gasteiger partial charge in [0.1, 0.15) is 49.3 Å². The summed E-state index contributed by atoms with van der Waals surface area (Å²) in [5.41, 5.74) is 13.7. The maximum absolute atomic E-state index is 14.8. The van der Waals surface area contributed by atoms with Gasteiger partial charge in [0, 0.05) is 18.4 Å². The predicted molar refractivity (Wildman–Crippen MR) is 331 cm³/mol. The van der Waals surface area contributed by atoms with E-state index in [0.717, 1.165) is 18.1 Å². The van der Waals surface area contributed by atoms with Crippen molar-refractivity contribution in [3.8, 4) is 0 Å². The van der Waals surface area contributed by atoms with Crippen LogP contribution in [0.15, 0.2) is 182 Å². The van der Waals surface area contributed by atoms with Gasteiger partial charge < -0.3 is 43.4 Å². The summed E-state index contributed by atoms with van der Waals surface area (Å²) in [4.78, 5) is 28.5. The Bertz CT molecular complexity index is 4030. The number of rotatable bonds is 25. The molecule has 2 aliphatic heterocycles. The summed E-state index contributed by atoms with van der Waals surface area (Å²) in [6.07, 6.45) is -19.5. The number of aliphatic hydroxyl groups excluding tert-OH is 2. The number of hydrogen-bond donors (Lipinski definition) is 6. The lowest BCUT2D eigenvalue weighted by Gasteiger charge is -2.51. The zero-order valence-corrected chi connectivity index (χ0v) is 53.7. The van der Waals surface area contributed by atoms with Crippen LogP contribution >= 0.6 is 0 Å². The van der Waals surface area contributed by atoms with E-state index in [1.165, 1.54) is 84.9 Å². The van der Waals surface area contributed by atoms with Crippen molar-refractivity contribution in [3.63, 3.8) is 0 Å². The van der Waals surface area contributed by atoms with E-state index in [1.807, 2.05) is 0 Å². The minimum Gasteiger partial charge on any atom is -0.459 e. The van der Waals surface area contributed by atoms with Crippen molar-refractivity contribution in [2.75, 3.05) is 13.2 Å². The molecule has 6 aromatic rings. The number of hydrogen-bond acceptors (Lipinski definition) is 20. The first kappa shape index (κ1) is 69.3. The molecule has 0 amide bonds. The van der Waals surface area contributed by atoms with E-state index in [2.05, 4.69) is 28.9 Å². The van der Waals surface area contributed by atoms with Crippen LogP contribution in [0.1, 0.15) is 57.9 Å². The number of aliphatic hydroxyl groups is 2. The monoisotopic (exact) mass is 1350 g/mol. The quantitative estimate of drug-likeness (QED) is 0.0189. The zero-order chi connectivity index (χ0) is 66.1. The Hall–Kier alpha value is -7.07. The van der Waals surface area contributed by atoms with E-state index in [-0.39, 0.29) is 44.6 Å². The predicted octanol–water partition coefficient (Wildman–Crippen LogP) is 5.03. The molecule has 6 N–H and O–H groups in total. The molecule has 3 fully saturated rings. The Morgan fingerprint density at radius 2 is 1.02 bits per heavy atom. The van der Waals surface area contributed by atoms with Crippen LogP contribution in [0.2, 0.25) is 0 Å². The molecule has 0 bridgehead atoms. The van der Waals surface area contributed by atoms with E-state index in [0.29, 0.717) is 16.7 Å². The van der Waals surface area contributed by atoms with Crippen LogP contribution in [-0.2, 0) is 84.7 Å². The number of aryl methyl sites for hydroxylation is 4. The second kappa shape index (κ2) is 29.9. The Balaban J connectivity index is 1.17. The molecule has 492 valence electrons. The van der Waals surface area contributed by atoms with Crippen LogP contribution in [0.4, 0.5) is 0 Å². The molecule has 2 heterocycles. The molecular formula is C62H71N7O19S4. The Kier molecular flexibility index (Phi) is 22.5. The second-order valence-corrected chi connectivity index (χ2v) is 29.5. The summed E-state index contributed by atoms with van der Waals surface area (Å²) < 4.78 is 169. The van der Waals surface area contributed by atoms with Gasteiger partial charge in [0.2, 0.25) is 40.1 Å². The molecule has 6 aromatic carbocycles. The van der Waals surface area contributed by atoms with Crippen molar-refractivity contribution in [1.82, 2.24) is 18.9 Å². The van der Waals surface area contributed by atoms with Gasteiger partial charge in [-0.15, -0.1) is 0 Å².